The molecule has 0 fully saturated rings. The Labute approximate surface area is 225 Å². The van der Waals surface area contributed by atoms with Gasteiger partial charge in [0.1, 0.15) is 35.0 Å². The maximum Gasteiger partial charge on any atom is 0.342 e. The average Bonchev–Trinajstić information content (AvgIpc) is 2.81. The van der Waals surface area contributed by atoms with Gasteiger partial charge in [-0.3, -0.25) is 9.59 Å². The molecule has 0 saturated heterocycles. The molecule has 10 N–H and O–H groups in total. The van der Waals surface area contributed by atoms with E-state index in [4.69, 9.17) is 0 Å². The lowest BCUT2D eigenvalue weighted by Crippen LogP contribution is -2.50. The third-order valence-corrected chi connectivity index (χ3v) is 7.09. The van der Waals surface area contributed by atoms with Crippen molar-refractivity contribution in [3.05, 3.63) is 70.0 Å². The third-order valence-electron chi connectivity index (χ3n) is 7.09. The van der Waals surface area contributed by atoms with Crippen molar-refractivity contribution < 1.29 is 65.4 Å². The van der Waals surface area contributed by atoms with Crippen LogP contribution in [0.2, 0.25) is 0 Å². The molecule has 212 valence electrons. The molecule has 0 aromatic heterocycles. The average molecular weight is 558 g/mol. The summed E-state index contributed by atoms with van der Waals surface area (Å²) in [6, 6.07) is 7.64. The van der Waals surface area contributed by atoms with Gasteiger partial charge in [-0.2, -0.15) is 0 Å². The minimum absolute atomic E-state index is 0.0576. The third kappa shape index (κ3) is 4.97. The number of aliphatic hydroxyl groups is 8. The molecule has 13 nitrogen and oxygen atoms in total. The van der Waals surface area contributed by atoms with Crippen molar-refractivity contribution in [2.45, 2.75) is 42.9 Å². The van der Waals surface area contributed by atoms with Crippen LogP contribution in [0.25, 0.3) is 16.9 Å². The number of carboxylic acid groups (broad SMARTS) is 1. The molecule has 0 radical (unpaired) electrons. The largest absolute Gasteiger partial charge is 0.511 e. The molecule has 4 rings (SSSR count). The van der Waals surface area contributed by atoms with E-state index >= 15 is 0 Å². The van der Waals surface area contributed by atoms with Gasteiger partial charge in [-0.25, -0.2) is 4.79 Å². The molecule has 0 aliphatic heterocycles. The Kier molecular flexibility index (Phi) is 7.09. The van der Waals surface area contributed by atoms with E-state index in [1.807, 2.05) is 0 Å². The van der Waals surface area contributed by atoms with E-state index in [1.54, 1.807) is 0 Å². The SMILES string of the molecule is O=C(O)C1=C(O)C[C@@](O)(C[C@@]2(O)Cc3c(-c4ccc(C(O)(O)O)cc4)ccc(O)c3C(O)=C2C(=O)CO)CC1=O. The van der Waals surface area contributed by atoms with Crippen LogP contribution in [-0.2, 0) is 26.8 Å². The molecule has 0 spiro atoms. The van der Waals surface area contributed by atoms with Crippen molar-refractivity contribution in [3.63, 3.8) is 0 Å². The number of hydrogen-bond acceptors (Lipinski definition) is 12. The van der Waals surface area contributed by atoms with Crippen molar-refractivity contribution in [1.29, 1.82) is 0 Å². The van der Waals surface area contributed by atoms with Gasteiger partial charge >= 0.3 is 11.9 Å². The zero-order valence-electron chi connectivity index (χ0n) is 20.7. The molecule has 0 amide bonds. The summed E-state index contributed by atoms with van der Waals surface area (Å²) in [5.74, 6) is -9.50. The smallest absolute Gasteiger partial charge is 0.342 e. The Morgan fingerprint density at radius 1 is 0.900 bits per heavy atom. The van der Waals surface area contributed by atoms with Crippen LogP contribution in [0.5, 0.6) is 5.75 Å². The van der Waals surface area contributed by atoms with E-state index in [2.05, 4.69) is 0 Å². The maximum atomic E-state index is 12.8. The van der Waals surface area contributed by atoms with Gasteiger partial charge in [0, 0.05) is 31.2 Å². The number of carbonyl (C=O) groups excluding carboxylic acids is 2. The van der Waals surface area contributed by atoms with Crippen LogP contribution in [0.3, 0.4) is 0 Å². The highest BCUT2D eigenvalue weighted by Gasteiger charge is 2.52. The van der Waals surface area contributed by atoms with E-state index in [1.165, 1.54) is 36.4 Å². The van der Waals surface area contributed by atoms with Gasteiger partial charge in [-0.15, -0.1) is 0 Å². The molecule has 2 atom stereocenters. The topological polar surface area (TPSA) is 254 Å². The number of carboxylic acids is 1. The van der Waals surface area contributed by atoms with Crippen LogP contribution in [0.1, 0.15) is 36.0 Å². The van der Waals surface area contributed by atoms with Gasteiger partial charge in [0.2, 0.25) is 0 Å². The summed E-state index contributed by atoms with van der Waals surface area (Å²) in [7, 11) is 0. The number of ketones is 2. The number of aromatic hydroxyl groups is 1. The van der Waals surface area contributed by atoms with Crippen LogP contribution < -0.4 is 0 Å². The molecule has 0 saturated carbocycles. The molecule has 2 aromatic carbocycles. The fraction of sp³-hybridized carbons (Fsp3) is 0.296. The highest BCUT2D eigenvalue weighted by molar-refractivity contribution is 6.18. The second-order valence-corrected chi connectivity index (χ2v) is 10.0. The normalized spacial score (nSPS) is 23.3. The number of Topliss-reactive ketones (excluding diaryl/α,β-unsaturated/α-hetero) is 2. The Bertz CT molecular complexity index is 1480. The molecule has 2 aromatic rings. The second-order valence-electron chi connectivity index (χ2n) is 10.0. The number of phenols is 1. The summed E-state index contributed by atoms with van der Waals surface area (Å²) in [6.45, 7) is -1.18. The molecule has 13 heteroatoms. The number of rotatable bonds is 7. The minimum atomic E-state index is -3.12. The molecule has 2 aliphatic carbocycles. The fourth-order valence-electron chi connectivity index (χ4n) is 5.50. The van der Waals surface area contributed by atoms with Crippen molar-refractivity contribution in [1.82, 2.24) is 0 Å². The number of hydrogen-bond donors (Lipinski definition) is 10. The maximum absolute atomic E-state index is 12.8. The second kappa shape index (κ2) is 9.82. The quantitative estimate of drug-likeness (QED) is 0.154. The van der Waals surface area contributed by atoms with Gasteiger partial charge in [-0.1, -0.05) is 30.3 Å². The number of fused-ring (bicyclic) bond motifs is 1. The molecule has 0 heterocycles. The molecule has 2 aliphatic rings. The monoisotopic (exact) mass is 558 g/mol. The van der Waals surface area contributed by atoms with Gasteiger partial charge in [0.25, 0.3) is 0 Å². The van der Waals surface area contributed by atoms with E-state index in [0.29, 0.717) is 5.56 Å². The molecular formula is C27H26O13. The van der Waals surface area contributed by atoms with Gasteiger partial charge < -0.3 is 51.1 Å². The van der Waals surface area contributed by atoms with Crippen LogP contribution in [0, 0.1) is 0 Å². The van der Waals surface area contributed by atoms with E-state index in [-0.39, 0.29) is 22.3 Å². The van der Waals surface area contributed by atoms with Crippen molar-refractivity contribution in [2.75, 3.05) is 6.61 Å². The lowest BCUT2D eigenvalue weighted by molar-refractivity contribution is -0.323. The van der Waals surface area contributed by atoms with Gasteiger partial charge in [0.15, 0.2) is 11.6 Å². The van der Waals surface area contributed by atoms with Gasteiger partial charge in [-0.05, 0) is 22.8 Å². The highest BCUT2D eigenvalue weighted by Crippen LogP contribution is 2.48. The first-order valence-electron chi connectivity index (χ1n) is 11.9. The number of carbonyl (C=O) groups is 3. The Morgan fingerprint density at radius 2 is 1.52 bits per heavy atom. The minimum Gasteiger partial charge on any atom is -0.511 e. The number of aliphatic hydroxyl groups excluding tert-OH is 3. The summed E-state index contributed by atoms with van der Waals surface area (Å²) in [5.41, 5.74) is -6.36. The van der Waals surface area contributed by atoms with Crippen LogP contribution >= 0.6 is 0 Å². The number of benzene rings is 2. The van der Waals surface area contributed by atoms with Crippen LogP contribution in [-0.4, -0.2) is 86.4 Å². The van der Waals surface area contributed by atoms with Gasteiger partial charge in [0.05, 0.1) is 16.7 Å². The van der Waals surface area contributed by atoms with Crippen molar-refractivity contribution in [3.8, 4) is 16.9 Å². The lowest BCUT2D eigenvalue weighted by atomic mass is 9.67. The van der Waals surface area contributed by atoms with Crippen LogP contribution in [0.15, 0.2) is 53.3 Å². The summed E-state index contributed by atoms with van der Waals surface area (Å²) in [4.78, 5) is 36.5. The van der Waals surface area contributed by atoms with E-state index < -0.39 is 95.4 Å². The Hall–Kier alpha value is -4.11. The number of aliphatic carboxylic acids is 1. The first-order chi connectivity index (χ1) is 18.5. The summed E-state index contributed by atoms with van der Waals surface area (Å²) in [6.07, 6.45) is -3.08. The molecular weight excluding hydrogens is 532 g/mol. The zero-order valence-corrected chi connectivity index (χ0v) is 20.7. The first kappa shape index (κ1) is 28.9. The molecule has 40 heavy (non-hydrogen) atoms. The van der Waals surface area contributed by atoms with Crippen molar-refractivity contribution >= 4 is 23.3 Å². The summed E-state index contributed by atoms with van der Waals surface area (Å²) >= 11 is 0. The lowest BCUT2D eigenvalue weighted by Gasteiger charge is -2.42. The zero-order chi connectivity index (χ0) is 29.8. The highest BCUT2D eigenvalue weighted by atomic mass is 16.7. The van der Waals surface area contributed by atoms with E-state index in [0.717, 1.165) is 0 Å². The number of phenolic OH excluding ortho intramolecular Hbond substituents is 1. The standard InChI is InChI=1S/C27H26O13/c28-10-19(32)22-23(33)20-15(14(5-6-16(20)29)12-1-3-13(4-2-12)27(38,39)40)7-26(22,37)11-25(36)8-17(30)21(24(34)35)18(31)9-25/h1-6,28-30,33,36-40H,7-11H2,(H,34,35)/t25-,26-/m0/s1. The van der Waals surface area contributed by atoms with Crippen molar-refractivity contribution in [2.24, 2.45) is 0 Å². The fourth-order valence-corrected chi connectivity index (χ4v) is 5.50. The van der Waals surface area contributed by atoms with Crippen LogP contribution in [0.4, 0.5) is 0 Å². The summed E-state index contributed by atoms with van der Waals surface area (Å²) in [5, 5.41) is 102. The Balaban J connectivity index is 1.87. The predicted octanol–water partition coefficient (Wildman–Crippen LogP) is -0.355. The van der Waals surface area contributed by atoms with E-state index in [9.17, 15) is 65.4 Å². The summed E-state index contributed by atoms with van der Waals surface area (Å²) < 4.78 is 0. The molecule has 0 bridgehead atoms. The Morgan fingerprint density at radius 3 is 2.05 bits per heavy atom. The first-order valence-corrected chi connectivity index (χ1v) is 11.9. The molecule has 0 unspecified atom stereocenters. The predicted molar refractivity (Wildman–Crippen MR) is 133 cm³/mol.